The van der Waals surface area contributed by atoms with Crippen molar-refractivity contribution in [2.45, 2.75) is 41.5 Å². The zero-order valence-corrected chi connectivity index (χ0v) is 17.4. The minimum absolute atomic E-state index is 0. The molecule has 0 aromatic carbocycles. The van der Waals surface area contributed by atoms with Crippen LogP contribution in [-0.2, 0) is 24.2 Å². The molecular weight excluding hydrogens is 366 g/mol. The van der Waals surface area contributed by atoms with E-state index in [1.54, 1.807) is 0 Å². The molecule has 2 unspecified atom stereocenters. The fraction of sp³-hybridized carbons (Fsp3) is 0.471. The molecule has 20 heavy (non-hydrogen) atoms. The van der Waals surface area contributed by atoms with Crippen molar-refractivity contribution in [1.29, 1.82) is 0 Å². The molecule has 0 aromatic heterocycles. The van der Waals surface area contributed by atoms with Crippen LogP contribution in [0.1, 0.15) is 41.5 Å². The number of rotatable bonds is 0. The standard InChI is InChI=1S/C9H13.C7H9.CH2.2ClH.Zr/c1-6-5-7(2)9(4)8(6)3;1-6-3-4-7(2)5-6;;;;/h6H,1-4H3;3-4,6H,1-2H3;1H2;2*1H;/q2*-1;;;;+2. The molecular formula is C17H26Cl2Zr. The van der Waals surface area contributed by atoms with Gasteiger partial charge < -0.3 is 0 Å². The van der Waals surface area contributed by atoms with Crippen molar-refractivity contribution in [3.63, 3.8) is 0 Å². The van der Waals surface area contributed by atoms with Crippen molar-refractivity contribution in [3.8, 4) is 0 Å². The van der Waals surface area contributed by atoms with Crippen molar-refractivity contribution < 1.29 is 24.2 Å². The van der Waals surface area contributed by atoms with Gasteiger partial charge in [-0.3, -0.25) is 12.2 Å². The molecule has 0 heterocycles. The van der Waals surface area contributed by atoms with Crippen LogP contribution < -0.4 is 0 Å². The topological polar surface area (TPSA) is 0 Å². The summed E-state index contributed by atoms with van der Waals surface area (Å²) >= 11 is 1.30. The Balaban J connectivity index is -0.000000240. The summed E-state index contributed by atoms with van der Waals surface area (Å²) in [6.07, 6.45) is 10.8. The summed E-state index contributed by atoms with van der Waals surface area (Å²) in [4.78, 5) is 0. The van der Waals surface area contributed by atoms with Gasteiger partial charge in [-0.2, -0.15) is 17.2 Å². The second kappa shape index (κ2) is 13.0. The van der Waals surface area contributed by atoms with Crippen LogP contribution in [-0.4, -0.2) is 4.21 Å². The molecule has 0 nitrogen and oxygen atoms in total. The van der Waals surface area contributed by atoms with Gasteiger partial charge in [0.2, 0.25) is 0 Å². The summed E-state index contributed by atoms with van der Waals surface area (Å²) < 4.78 is 3.34. The Morgan fingerprint density at radius 1 is 1.00 bits per heavy atom. The average Bonchev–Trinajstić information content (AvgIpc) is 2.82. The molecule has 0 spiro atoms. The Hall–Kier alpha value is 0.293. The molecule has 0 amide bonds. The molecule has 0 aliphatic heterocycles. The zero-order chi connectivity index (χ0) is 14.3. The molecule has 0 bridgehead atoms. The first-order valence-electron chi connectivity index (χ1n) is 6.33. The second-order valence-corrected chi connectivity index (χ2v) is 4.77. The van der Waals surface area contributed by atoms with E-state index in [0.717, 1.165) is 0 Å². The van der Waals surface area contributed by atoms with Gasteiger partial charge >= 0.3 is 28.4 Å². The van der Waals surface area contributed by atoms with Crippen LogP contribution in [0, 0.1) is 24.0 Å². The molecule has 112 valence electrons. The van der Waals surface area contributed by atoms with E-state index in [1.165, 1.54) is 46.5 Å². The molecule has 3 heteroatoms. The number of hydrogen-bond acceptors (Lipinski definition) is 0. The number of allylic oxidation sites excluding steroid dienone is 8. The van der Waals surface area contributed by atoms with Crippen LogP contribution >= 0.6 is 24.8 Å². The fourth-order valence-electron chi connectivity index (χ4n) is 1.91. The summed E-state index contributed by atoms with van der Waals surface area (Å²) in [5.74, 6) is 1.12. The fourth-order valence-corrected chi connectivity index (χ4v) is 1.91. The Morgan fingerprint density at radius 3 is 1.60 bits per heavy atom. The van der Waals surface area contributed by atoms with Gasteiger partial charge in [-0.05, 0) is 0 Å². The number of hydrogen-bond donors (Lipinski definition) is 0. The van der Waals surface area contributed by atoms with Crippen molar-refractivity contribution in [3.05, 3.63) is 46.6 Å². The summed E-state index contributed by atoms with van der Waals surface area (Å²) in [6.45, 7) is 12.9. The van der Waals surface area contributed by atoms with Crippen LogP contribution in [0.25, 0.3) is 0 Å². The van der Waals surface area contributed by atoms with Crippen LogP contribution in [0.2, 0.25) is 0 Å². The average molecular weight is 393 g/mol. The van der Waals surface area contributed by atoms with Gasteiger partial charge in [-0.1, -0.05) is 46.5 Å². The first-order chi connectivity index (χ1) is 8.41. The van der Waals surface area contributed by atoms with E-state index in [1.807, 2.05) is 0 Å². The summed E-state index contributed by atoms with van der Waals surface area (Å²) in [5, 5.41) is 0. The van der Waals surface area contributed by atoms with Crippen molar-refractivity contribution in [1.82, 2.24) is 0 Å². The molecule has 0 saturated carbocycles. The van der Waals surface area contributed by atoms with E-state index >= 15 is 0 Å². The van der Waals surface area contributed by atoms with Crippen molar-refractivity contribution in [2.75, 3.05) is 0 Å². The normalized spacial score (nSPS) is 22.4. The minimum atomic E-state index is 0. The van der Waals surface area contributed by atoms with Crippen LogP contribution in [0.15, 0.2) is 34.4 Å². The molecule has 2 rings (SSSR count). The summed E-state index contributed by atoms with van der Waals surface area (Å²) in [7, 11) is 0. The third-order valence-electron chi connectivity index (χ3n) is 3.33. The van der Waals surface area contributed by atoms with Crippen LogP contribution in [0.4, 0.5) is 0 Å². The zero-order valence-electron chi connectivity index (χ0n) is 13.3. The number of halogens is 2. The molecule has 0 radical (unpaired) electrons. The maximum atomic E-state index is 3.36. The Kier molecular flexibility index (Phi) is 16.4. The van der Waals surface area contributed by atoms with Gasteiger partial charge in [0.05, 0.1) is 0 Å². The summed E-state index contributed by atoms with van der Waals surface area (Å²) in [5.41, 5.74) is 5.52. The molecule has 2 aliphatic rings. The second-order valence-electron chi connectivity index (χ2n) is 4.77. The first-order valence-corrected chi connectivity index (χ1v) is 8.07. The van der Waals surface area contributed by atoms with Crippen LogP contribution in [0.5, 0.6) is 0 Å². The van der Waals surface area contributed by atoms with Gasteiger partial charge in [0, 0.05) is 0 Å². The van der Waals surface area contributed by atoms with Crippen molar-refractivity contribution >= 4 is 29.0 Å². The molecule has 0 N–H and O–H groups in total. The molecule has 0 fully saturated rings. The molecule has 2 aliphatic carbocycles. The van der Waals surface area contributed by atoms with Gasteiger partial charge in [0.1, 0.15) is 0 Å². The van der Waals surface area contributed by atoms with E-state index in [4.69, 9.17) is 0 Å². The van der Waals surface area contributed by atoms with Crippen molar-refractivity contribution in [2.24, 2.45) is 11.8 Å². The molecule has 0 aromatic rings. The van der Waals surface area contributed by atoms with E-state index in [0.29, 0.717) is 11.8 Å². The first kappa shape index (κ1) is 25.3. The molecule has 0 saturated heterocycles. The quantitative estimate of drug-likeness (QED) is 0.479. The Bertz CT molecular complexity index is 403. The third-order valence-corrected chi connectivity index (χ3v) is 3.33. The SMILES string of the molecule is CC1=[C-]C(C)C(C)=C1C.CC1=[C-]C(C)C=C1.Cl.Cl.[CH2]=[Zr+2]. The van der Waals surface area contributed by atoms with Gasteiger partial charge in [0.15, 0.2) is 0 Å². The molecule has 2 atom stereocenters. The Morgan fingerprint density at radius 2 is 1.50 bits per heavy atom. The predicted octanol–water partition coefficient (Wildman–Crippen LogP) is 5.47. The van der Waals surface area contributed by atoms with Crippen LogP contribution in [0.3, 0.4) is 0 Å². The van der Waals surface area contributed by atoms with Gasteiger partial charge in [-0.25, -0.2) is 17.2 Å². The monoisotopic (exact) mass is 390 g/mol. The van der Waals surface area contributed by atoms with Gasteiger partial charge in [-0.15, -0.1) is 31.7 Å². The van der Waals surface area contributed by atoms with E-state index < -0.39 is 0 Å². The third kappa shape index (κ3) is 8.55. The predicted molar refractivity (Wildman–Crippen MR) is 92.3 cm³/mol. The van der Waals surface area contributed by atoms with E-state index in [9.17, 15) is 0 Å². The van der Waals surface area contributed by atoms with E-state index in [-0.39, 0.29) is 24.8 Å². The Labute approximate surface area is 152 Å². The van der Waals surface area contributed by atoms with Gasteiger partial charge in [0.25, 0.3) is 0 Å². The maximum absolute atomic E-state index is 3.36. The summed E-state index contributed by atoms with van der Waals surface area (Å²) in [6, 6.07) is 0. The van der Waals surface area contributed by atoms with E-state index in [2.05, 4.69) is 70.1 Å².